The standard InChI is InChI=1S/C13H19F3O4/c1-11(2,13(14,15)16)10(17)20-9-5-3-4-6-12(9)18-7-8-19-12/h9H,3-8H2,1-2H3. The SMILES string of the molecule is CC(C)(C(=O)OC1CCCCC12OCCO2)C(F)(F)F. The zero-order valence-corrected chi connectivity index (χ0v) is 11.6. The molecule has 1 heterocycles. The predicted molar refractivity (Wildman–Crippen MR) is 62.8 cm³/mol. The first-order valence-electron chi connectivity index (χ1n) is 6.75. The Balaban J connectivity index is 2.10. The number of carbonyl (C=O) groups is 1. The molecule has 0 amide bonds. The molecule has 0 aromatic carbocycles. The molecule has 4 nitrogen and oxygen atoms in total. The van der Waals surface area contributed by atoms with Crippen LogP contribution in [0, 0.1) is 5.41 Å². The van der Waals surface area contributed by atoms with E-state index in [9.17, 15) is 18.0 Å². The average Bonchev–Trinajstić information content (AvgIpc) is 2.80. The highest BCUT2D eigenvalue weighted by molar-refractivity contribution is 5.77. The molecule has 20 heavy (non-hydrogen) atoms. The lowest BCUT2D eigenvalue weighted by Crippen LogP contribution is -2.51. The molecule has 0 N–H and O–H groups in total. The highest BCUT2D eigenvalue weighted by Crippen LogP contribution is 2.42. The van der Waals surface area contributed by atoms with Crippen molar-refractivity contribution in [2.45, 2.75) is 57.6 Å². The summed E-state index contributed by atoms with van der Waals surface area (Å²) in [6.07, 6.45) is -2.80. The molecule has 0 bridgehead atoms. The molecule has 1 aliphatic heterocycles. The van der Waals surface area contributed by atoms with Crippen LogP contribution in [0.2, 0.25) is 0 Å². The quantitative estimate of drug-likeness (QED) is 0.735. The fraction of sp³-hybridized carbons (Fsp3) is 0.923. The highest BCUT2D eigenvalue weighted by Gasteiger charge is 2.56. The van der Waals surface area contributed by atoms with Crippen LogP contribution in [0.3, 0.4) is 0 Å². The molecule has 1 aliphatic carbocycles. The van der Waals surface area contributed by atoms with Crippen LogP contribution >= 0.6 is 0 Å². The number of halogens is 3. The molecule has 1 spiro atoms. The van der Waals surface area contributed by atoms with E-state index in [1.54, 1.807) is 0 Å². The van der Waals surface area contributed by atoms with Crippen LogP contribution in [-0.4, -0.2) is 37.3 Å². The molecule has 0 radical (unpaired) electrons. The molecular weight excluding hydrogens is 277 g/mol. The lowest BCUT2D eigenvalue weighted by atomic mass is 9.89. The Bertz CT molecular complexity index is 372. The first-order valence-corrected chi connectivity index (χ1v) is 6.75. The Morgan fingerprint density at radius 1 is 1.20 bits per heavy atom. The second-order valence-corrected chi connectivity index (χ2v) is 5.77. The van der Waals surface area contributed by atoms with Crippen LogP contribution in [-0.2, 0) is 19.0 Å². The largest absolute Gasteiger partial charge is 0.456 e. The number of carbonyl (C=O) groups excluding carboxylic acids is 1. The van der Waals surface area contributed by atoms with E-state index in [-0.39, 0.29) is 0 Å². The van der Waals surface area contributed by atoms with Gasteiger partial charge in [-0.25, -0.2) is 0 Å². The van der Waals surface area contributed by atoms with Gasteiger partial charge in [-0.2, -0.15) is 13.2 Å². The van der Waals surface area contributed by atoms with Crippen LogP contribution in [0.15, 0.2) is 0 Å². The van der Waals surface area contributed by atoms with E-state index in [0.29, 0.717) is 26.1 Å². The van der Waals surface area contributed by atoms with Crippen molar-refractivity contribution in [1.82, 2.24) is 0 Å². The minimum Gasteiger partial charge on any atom is -0.456 e. The average molecular weight is 296 g/mol. The maximum absolute atomic E-state index is 12.8. The number of hydrogen-bond acceptors (Lipinski definition) is 4. The Morgan fingerprint density at radius 3 is 2.35 bits per heavy atom. The number of ether oxygens (including phenoxy) is 3. The maximum Gasteiger partial charge on any atom is 0.404 e. The third-order valence-electron chi connectivity index (χ3n) is 3.98. The van der Waals surface area contributed by atoms with Crippen molar-refractivity contribution in [3.05, 3.63) is 0 Å². The molecule has 2 fully saturated rings. The van der Waals surface area contributed by atoms with E-state index >= 15 is 0 Å². The van der Waals surface area contributed by atoms with Crippen molar-refractivity contribution in [1.29, 1.82) is 0 Å². The lowest BCUT2D eigenvalue weighted by Gasteiger charge is -2.39. The van der Waals surface area contributed by atoms with Crippen LogP contribution < -0.4 is 0 Å². The normalized spacial score (nSPS) is 26.8. The summed E-state index contributed by atoms with van der Waals surface area (Å²) in [5, 5.41) is 0. The van der Waals surface area contributed by atoms with Gasteiger partial charge in [0.25, 0.3) is 0 Å². The van der Waals surface area contributed by atoms with Gasteiger partial charge >= 0.3 is 12.1 Å². The molecule has 116 valence electrons. The van der Waals surface area contributed by atoms with Crippen molar-refractivity contribution in [2.24, 2.45) is 5.41 Å². The summed E-state index contributed by atoms with van der Waals surface area (Å²) in [7, 11) is 0. The smallest absolute Gasteiger partial charge is 0.404 e. The van der Waals surface area contributed by atoms with Gasteiger partial charge in [-0.05, 0) is 33.1 Å². The van der Waals surface area contributed by atoms with Crippen molar-refractivity contribution >= 4 is 5.97 Å². The fourth-order valence-electron chi connectivity index (χ4n) is 2.42. The van der Waals surface area contributed by atoms with E-state index in [4.69, 9.17) is 14.2 Å². The first kappa shape index (κ1) is 15.6. The Kier molecular flexibility index (Phi) is 4.03. The molecule has 0 aromatic rings. The van der Waals surface area contributed by atoms with Crippen molar-refractivity contribution in [2.75, 3.05) is 13.2 Å². The Hall–Kier alpha value is -0.820. The summed E-state index contributed by atoms with van der Waals surface area (Å²) >= 11 is 0. The third-order valence-corrected chi connectivity index (χ3v) is 3.98. The van der Waals surface area contributed by atoms with Gasteiger partial charge in [0.05, 0.1) is 13.2 Å². The highest BCUT2D eigenvalue weighted by atomic mass is 19.4. The van der Waals surface area contributed by atoms with Gasteiger partial charge in [-0.15, -0.1) is 0 Å². The van der Waals surface area contributed by atoms with E-state index in [2.05, 4.69) is 0 Å². The molecule has 2 aliphatic rings. The minimum atomic E-state index is -4.65. The lowest BCUT2D eigenvalue weighted by molar-refractivity contribution is -0.264. The Morgan fingerprint density at radius 2 is 1.80 bits per heavy atom. The fourth-order valence-corrected chi connectivity index (χ4v) is 2.42. The minimum absolute atomic E-state index is 0.372. The third kappa shape index (κ3) is 2.65. The maximum atomic E-state index is 12.8. The van der Waals surface area contributed by atoms with Gasteiger partial charge in [0.1, 0.15) is 0 Å². The molecule has 1 atom stereocenters. The summed E-state index contributed by atoms with van der Waals surface area (Å²) in [4.78, 5) is 11.9. The van der Waals surface area contributed by atoms with Crippen LogP contribution in [0.4, 0.5) is 13.2 Å². The van der Waals surface area contributed by atoms with E-state index in [0.717, 1.165) is 26.7 Å². The number of hydrogen-bond donors (Lipinski definition) is 0. The topological polar surface area (TPSA) is 44.8 Å². The molecule has 1 saturated heterocycles. The van der Waals surface area contributed by atoms with Gasteiger partial charge in [-0.1, -0.05) is 0 Å². The monoisotopic (exact) mass is 296 g/mol. The van der Waals surface area contributed by atoms with Gasteiger partial charge in [0.2, 0.25) is 5.79 Å². The number of esters is 1. The van der Waals surface area contributed by atoms with Gasteiger partial charge in [0, 0.05) is 6.42 Å². The zero-order chi connectivity index (χ0) is 15.0. The van der Waals surface area contributed by atoms with Gasteiger partial charge in [0.15, 0.2) is 11.5 Å². The molecule has 1 saturated carbocycles. The van der Waals surface area contributed by atoms with Crippen LogP contribution in [0.1, 0.15) is 39.5 Å². The van der Waals surface area contributed by atoms with E-state index < -0.39 is 29.5 Å². The Labute approximate surface area is 115 Å². The molecule has 0 aromatic heterocycles. The van der Waals surface area contributed by atoms with Crippen molar-refractivity contribution < 1.29 is 32.2 Å². The zero-order valence-electron chi connectivity index (χ0n) is 11.6. The van der Waals surface area contributed by atoms with Crippen molar-refractivity contribution in [3.8, 4) is 0 Å². The van der Waals surface area contributed by atoms with E-state index in [1.807, 2.05) is 0 Å². The summed E-state index contributed by atoms with van der Waals surface area (Å²) in [5.41, 5.74) is -2.54. The number of alkyl halides is 3. The predicted octanol–water partition coefficient (Wildman–Crippen LogP) is 2.80. The van der Waals surface area contributed by atoms with Gasteiger partial charge < -0.3 is 14.2 Å². The van der Waals surface area contributed by atoms with Crippen LogP contribution in [0.5, 0.6) is 0 Å². The van der Waals surface area contributed by atoms with Crippen LogP contribution in [0.25, 0.3) is 0 Å². The van der Waals surface area contributed by atoms with Crippen molar-refractivity contribution in [3.63, 3.8) is 0 Å². The molecule has 2 rings (SSSR count). The summed E-state index contributed by atoms with van der Waals surface area (Å²) in [5.74, 6) is -2.33. The van der Waals surface area contributed by atoms with Gasteiger partial charge in [-0.3, -0.25) is 4.79 Å². The summed E-state index contributed by atoms with van der Waals surface area (Å²) in [6, 6.07) is 0. The second-order valence-electron chi connectivity index (χ2n) is 5.77. The van der Waals surface area contributed by atoms with E-state index in [1.165, 1.54) is 0 Å². The molecule has 7 heteroatoms. The number of rotatable bonds is 2. The molecular formula is C13H19F3O4. The molecule has 1 unspecified atom stereocenters. The summed E-state index contributed by atoms with van der Waals surface area (Å²) < 4.78 is 54.7. The first-order chi connectivity index (χ1) is 9.19. The summed E-state index contributed by atoms with van der Waals surface area (Å²) in [6.45, 7) is 2.38. The second kappa shape index (κ2) is 5.18.